The lowest BCUT2D eigenvalue weighted by Crippen LogP contribution is -2.44. The van der Waals surface area contributed by atoms with E-state index in [9.17, 15) is 28.4 Å². The fraction of sp³-hybridized carbons (Fsp3) is 0.411. The number of rotatable bonds is 26. The van der Waals surface area contributed by atoms with E-state index in [4.69, 9.17) is 14.2 Å². The SMILES string of the molecule is C[C@H](CSCC(=O)N(CCCNC(=O)OCC[Si](C)(C)C)[C@@H](c1cc(-c2cc(F)ccc2F)cn1Cc1ccccc1)C(C)(C)C)NC(=O)CC[C@H](NC(=O)OCc1ccccc1)C(=O)OCc1ccccc1. The standard InChI is InChI=1S/C56H71F2N5O8SSi/c1-40(60-50(64)27-26-48(53(66)70-36-42-20-13-9-14-21-42)61-55(68)71-37-43-22-15-10-16-23-43)38-72-39-51(65)63(29-17-28-59-54(67)69-30-31-73(5,6)7)52(56(2,3)4)49-32-44(46-33-45(57)24-25-47(46)58)35-62(49)34-41-18-11-8-12-19-41/h8-16,18-25,32-33,35,40,48,52H,17,26-31,34,36-39H2,1-7H3,(H,59,67)(H,60,64)(H,61,68)/t40-,48+,52+/m1/s1. The minimum absolute atomic E-state index is 0.0155. The van der Waals surface area contributed by atoms with E-state index < -0.39 is 61.4 Å². The van der Waals surface area contributed by atoms with E-state index in [1.165, 1.54) is 17.8 Å². The number of halogens is 2. The van der Waals surface area contributed by atoms with Crippen LogP contribution in [0.4, 0.5) is 18.4 Å². The Morgan fingerprint density at radius 3 is 2.00 bits per heavy atom. The van der Waals surface area contributed by atoms with Crippen molar-refractivity contribution in [3.63, 3.8) is 0 Å². The average Bonchev–Trinajstić information content (AvgIpc) is 3.75. The first-order chi connectivity index (χ1) is 34.8. The Kier molecular flexibility index (Phi) is 22.1. The third-order valence-corrected chi connectivity index (χ3v) is 14.6. The number of alkyl carbamates (subject to hydrolysis) is 2. The lowest BCUT2D eigenvalue weighted by atomic mass is 9.83. The van der Waals surface area contributed by atoms with E-state index in [1.54, 1.807) is 35.4 Å². The van der Waals surface area contributed by atoms with Crippen molar-refractivity contribution in [2.45, 2.75) is 111 Å². The van der Waals surface area contributed by atoms with Crippen LogP contribution in [0, 0.1) is 17.0 Å². The van der Waals surface area contributed by atoms with Crippen LogP contribution in [0.25, 0.3) is 11.1 Å². The molecule has 392 valence electrons. The van der Waals surface area contributed by atoms with Gasteiger partial charge < -0.3 is 39.6 Å². The van der Waals surface area contributed by atoms with Crippen molar-refractivity contribution >= 4 is 49.8 Å². The van der Waals surface area contributed by atoms with Crippen LogP contribution in [0.5, 0.6) is 0 Å². The third-order valence-electron chi connectivity index (χ3n) is 11.7. The Balaban J connectivity index is 1.28. The molecule has 0 aliphatic heterocycles. The fourth-order valence-electron chi connectivity index (χ4n) is 8.01. The van der Waals surface area contributed by atoms with Gasteiger partial charge in [0, 0.05) is 68.9 Å². The van der Waals surface area contributed by atoms with Crippen LogP contribution >= 0.6 is 11.8 Å². The van der Waals surface area contributed by atoms with Crippen molar-refractivity contribution in [2.75, 3.05) is 31.2 Å². The molecule has 1 aromatic heterocycles. The van der Waals surface area contributed by atoms with Crippen molar-refractivity contribution in [3.05, 3.63) is 155 Å². The number of amides is 4. The minimum atomic E-state index is -1.42. The zero-order valence-corrected chi connectivity index (χ0v) is 44.9. The topological polar surface area (TPSA) is 157 Å². The average molecular weight is 1040 g/mol. The number of aromatic nitrogens is 1. The number of carbonyl (C=O) groups is 5. The van der Waals surface area contributed by atoms with Crippen LogP contribution < -0.4 is 16.0 Å². The maximum absolute atomic E-state index is 15.4. The predicted octanol–water partition coefficient (Wildman–Crippen LogP) is 10.9. The summed E-state index contributed by atoms with van der Waals surface area (Å²) in [5.41, 5.74) is 3.17. The molecule has 0 unspecified atom stereocenters. The second-order valence-electron chi connectivity index (χ2n) is 20.3. The number of thioether (sulfide) groups is 1. The van der Waals surface area contributed by atoms with Crippen molar-refractivity contribution in [1.29, 1.82) is 0 Å². The van der Waals surface area contributed by atoms with Gasteiger partial charge in [-0.1, -0.05) is 131 Å². The number of benzene rings is 4. The summed E-state index contributed by atoms with van der Waals surface area (Å²) in [6.07, 6.45) is 0.644. The minimum Gasteiger partial charge on any atom is -0.459 e. The van der Waals surface area contributed by atoms with Crippen LogP contribution in [0.1, 0.15) is 75.4 Å². The number of nitrogens with one attached hydrogen (secondary N) is 3. The maximum Gasteiger partial charge on any atom is 0.408 e. The largest absolute Gasteiger partial charge is 0.459 e. The lowest BCUT2D eigenvalue weighted by molar-refractivity contribution is -0.147. The maximum atomic E-state index is 15.4. The van der Waals surface area contributed by atoms with Crippen LogP contribution in [0.3, 0.4) is 0 Å². The summed E-state index contributed by atoms with van der Waals surface area (Å²) in [6.45, 7) is 15.7. The number of nitrogens with zero attached hydrogens (tertiary/aromatic N) is 2. The van der Waals surface area contributed by atoms with E-state index in [2.05, 4.69) is 35.6 Å². The number of esters is 1. The Morgan fingerprint density at radius 1 is 0.767 bits per heavy atom. The summed E-state index contributed by atoms with van der Waals surface area (Å²) in [5, 5.41) is 8.35. The molecular formula is C56H71F2N5O8SSi. The molecule has 1 heterocycles. The Bertz CT molecular complexity index is 2560. The molecule has 0 spiro atoms. The normalized spacial score (nSPS) is 12.7. The third kappa shape index (κ3) is 19.8. The molecule has 0 aliphatic rings. The van der Waals surface area contributed by atoms with Gasteiger partial charge in [0.1, 0.15) is 30.9 Å². The molecule has 0 radical (unpaired) electrons. The highest BCUT2D eigenvalue weighted by atomic mass is 32.2. The molecule has 0 bridgehead atoms. The van der Waals surface area contributed by atoms with E-state index in [1.807, 2.05) is 105 Å². The highest BCUT2D eigenvalue weighted by Gasteiger charge is 2.37. The molecule has 0 aliphatic carbocycles. The fourth-order valence-corrected chi connectivity index (χ4v) is 9.62. The van der Waals surface area contributed by atoms with Crippen LogP contribution in [0.2, 0.25) is 25.7 Å². The first kappa shape index (κ1) is 57.4. The predicted molar refractivity (Wildman–Crippen MR) is 285 cm³/mol. The molecule has 4 aromatic carbocycles. The van der Waals surface area contributed by atoms with E-state index >= 15 is 4.39 Å². The number of carbonyl (C=O) groups excluding carboxylic acids is 5. The number of ether oxygens (including phenoxy) is 3. The van der Waals surface area contributed by atoms with Gasteiger partial charge in [0.2, 0.25) is 11.8 Å². The smallest absolute Gasteiger partial charge is 0.408 e. The van der Waals surface area contributed by atoms with Crippen molar-refractivity contribution in [2.24, 2.45) is 5.41 Å². The van der Waals surface area contributed by atoms with Crippen molar-refractivity contribution in [3.8, 4) is 11.1 Å². The van der Waals surface area contributed by atoms with Gasteiger partial charge >= 0.3 is 18.2 Å². The molecule has 5 rings (SSSR count). The number of hydrogen-bond acceptors (Lipinski definition) is 9. The van der Waals surface area contributed by atoms with Gasteiger partial charge in [-0.05, 0) is 72.2 Å². The highest BCUT2D eigenvalue weighted by molar-refractivity contribution is 8.00. The first-order valence-electron chi connectivity index (χ1n) is 24.7. The van der Waals surface area contributed by atoms with Gasteiger partial charge in [0.15, 0.2) is 0 Å². The van der Waals surface area contributed by atoms with Gasteiger partial charge in [-0.2, -0.15) is 0 Å². The summed E-state index contributed by atoms with van der Waals surface area (Å²) in [5.74, 6) is -2.05. The van der Waals surface area contributed by atoms with Crippen LogP contribution in [-0.2, 0) is 48.4 Å². The molecule has 3 N–H and O–H groups in total. The molecule has 0 saturated carbocycles. The molecule has 0 fully saturated rings. The van der Waals surface area contributed by atoms with Gasteiger partial charge in [-0.25, -0.2) is 23.2 Å². The lowest BCUT2D eigenvalue weighted by Gasteiger charge is -2.41. The monoisotopic (exact) mass is 1040 g/mol. The molecule has 5 aromatic rings. The van der Waals surface area contributed by atoms with Crippen LogP contribution in [-0.4, -0.2) is 90.8 Å². The molecule has 0 saturated heterocycles. The van der Waals surface area contributed by atoms with Crippen LogP contribution in [0.15, 0.2) is 121 Å². The Labute approximate surface area is 434 Å². The van der Waals surface area contributed by atoms with Gasteiger partial charge in [0.25, 0.3) is 0 Å². The van der Waals surface area contributed by atoms with Gasteiger partial charge in [-0.15, -0.1) is 11.8 Å². The molecule has 73 heavy (non-hydrogen) atoms. The van der Waals surface area contributed by atoms with Crippen molar-refractivity contribution < 1.29 is 47.0 Å². The zero-order chi connectivity index (χ0) is 53.0. The van der Waals surface area contributed by atoms with Gasteiger partial charge in [-0.3, -0.25) is 9.59 Å². The second-order valence-corrected chi connectivity index (χ2v) is 27.0. The second kappa shape index (κ2) is 28.1. The van der Waals surface area contributed by atoms with E-state index in [0.29, 0.717) is 36.6 Å². The zero-order valence-electron chi connectivity index (χ0n) is 43.1. The molecule has 4 amide bonds. The van der Waals surface area contributed by atoms with Gasteiger partial charge in [0.05, 0.1) is 18.4 Å². The Morgan fingerprint density at radius 2 is 1.38 bits per heavy atom. The molecule has 13 nitrogen and oxygen atoms in total. The van der Waals surface area contributed by atoms with E-state index in [0.717, 1.165) is 34.9 Å². The summed E-state index contributed by atoms with van der Waals surface area (Å²) in [7, 11) is -1.42. The summed E-state index contributed by atoms with van der Waals surface area (Å²) >= 11 is 1.34. The number of hydrogen-bond donors (Lipinski definition) is 3. The highest BCUT2D eigenvalue weighted by Crippen LogP contribution is 2.41. The van der Waals surface area contributed by atoms with Crippen molar-refractivity contribution in [1.82, 2.24) is 25.4 Å². The summed E-state index contributed by atoms with van der Waals surface area (Å²) in [6, 6.07) is 31.8. The summed E-state index contributed by atoms with van der Waals surface area (Å²) < 4.78 is 48.3. The molecule has 3 atom stereocenters. The first-order valence-corrected chi connectivity index (χ1v) is 29.6. The summed E-state index contributed by atoms with van der Waals surface area (Å²) in [4.78, 5) is 68.6. The molecule has 17 heteroatoms. The quantitative estimate of drug-likeness (QED) is 0.0212. The Hall–Kier alpha value is -6.46. The molecular weight excluding hydrogens is 969 g/mol. The van der Waals surface area contributed by atoms with E-state index in [-0.39, 0.29) is 62.3 Å².